The van der Waals surface area contributed by atoms with Gasteiger partial charge in [0.2, 0.25) is 15.9 Å². The zero-order chi connectivity index (χ0) is 14.4. The maximum absolute atomic E-state index is 12.3. The molecule has 3 atom stereocenters. The summed E-state index contributed by atoms with van der Waals surface area (Å²) in [7, 11) is -0.670. The summed E-state index contributed by atoms with van der Waals surface area (Å²) in [5.41, 5.74) is 0.952. The molecule has 1 unspecified atom stereocenters. The van der Waals surface area contributed by atoms with Crippen molar-refractivity contribution in [1.29, 1.82) is 0 Å². The summed E-state index contributed by atoms with van der Waals surface area (Å²) < 4.78 is 33.2. The molecule has 6 heteroatoms. The van der Waals surface area contributed by atoms with Gasteiger partial charge in [0.15, 0.2) is 0 Å². The number of hydrogen-bond acceptors (Lipinski definition) is 3. The van der Waals surface area contributed by atoms with Crippen molar-refractivity contribution in [2.45, 2.75) is 17.9 Å². The van der Waals surface area contributed by atoms with Gasteiger partial charge in [-0.1, -0.05) is 17.7 Å². The van der Waals surface area contributed by atoms with E-state index in [9.17, 15) is 13.2 Å². The third-order valence-electron chi connectivity index (χ3n) is 2.76. The van der Waals surface area contributed by atoms with E-state index in [1.165, 1.54) is 17.0 Å². The average Bonchev–Trinajstić information content (AvgIpc) is 3.01. The van der Waals surface area contributed by atoms with Crippen molar-refractivity contribution in [1.82, 2.24) is 9.21 Å². The SMILES string of the molecule is [2H][C@H]1[C@@H](C(=O)N(C)C)N1S(=O)(=O)c1ccc(C)cc1. The Morgan fingerprint density at radius 3 is 2.44 bits per heavy atom. The maximum atomic E-state index is 12.3. The molecule has 1 heterocycles. The van der Waals surface area contributed by atoms with Crippen LogP contribution in [0.4, 0.5) is 0 Å². The molecule has 0 aliphatic carbocycles. The Morgan fingerprint density at radius 2 is 1.94 bits per heavy atom. The minimum atomic E-state index is -3.76. The molecule has 1 aromatic carbocycles. The number of aryl methyl sites for hydroxylation is 1. The first-order valence-corrected chi connectivity index (χ1v) is 6.94. The van der Waals surface area contributed by atoms with Crippen LogP contribution in [0.25, 0.3) is 0 Å². The van der Waals surface area contributed by atoms with E-state index in [1.807, 2.05) is 6.92 Å². The number of carbonyl (C=O) groups is 1. The summed E-state index contributed by atoms with van der Waals surface area (Å²) in [6.07, 6.45) is 0. The fourth-order valence-electron chi connectivity index (χ4n) is 1.60. The topological polar surface area (TPSA) is 57.5 Å². The number of amides is 1. The molecule has 1 amide bonds. The zero-order valence-corrected chi connectivity index (χ0v) is 11.3. The lowest BCUT2D eigenvalue weighted by Crippen LogP contribution is -2.30. The monoisotopic (exact) mass is 269 g/mol. The number of carbonyl (C=O) groups excluding carboxylic acids is 1. The van der Waals surface area contributed by atoms with Gasteiger partial charge in [0, 0.05) is 22.0 Å². The van der Waals surface area contributed by atoms with E-state index in [-0.39, 0.29) is 10.8 Å². The lowest BCUT2D eigenvalue weighted by molar-refractivity contribution is -0.128. The van der Waals surface area contributed by atoms with E-state index in [0.29, 0.717) is 0 Å². The molecule has 0 radical (unpaired) electrons. The molecule has 2 rings (SSSR count). The van der Waals surface area contributed by atoms with E-state index < -0.39 is 22.6 Å². The van der Waals surface area contributed by atoms with Crippen LogP contribution < -0.4 is 0 Å². The number of likely N-dealkylation sites (N-methyl/N-ethyl adjacent to an activating group) is 1. The van der Waals surface area contributed by atoms with Crippen molar-refractivity contribution in [3.05, 3.63) is 29.8 Å². The van der Waals surface area contributed by atoms with Gasteiger partial charge in [0.1, 0.15) is 6.04 Å². The molecule has 1 aliphatic rings. The number of rotatable bonds is 3. The second-order valence-corrected chi connectivity index (χ2v) is 6.32. The number of sulfonamides is 1. The van der Waals surface area contributed by atoms with Gasteiger partial charge >= 0.3 is 0 Å². The van der Waals surface area contributed by atoms with E-state index in [0.717, 1.165) is 9.87 Å². The summed E-state index contributed by atoms with van der Waals surface area (Å²) in [4.78, 5) is 13.2. The number of nitrogens with zero attached hydrogens (tertiary/aromatic N) is 2. The molecule has 1 fully saturated rings. The van der Waals surface area contributed by atoms with Gasteiger partial charge in [0.05, 0.1) is 4.90 Å². The van der Waals surface area contributed by atoms with Gasteiger partial charge < -0.3 is 4.90 Å². The van der Waals surface area contributed by atoms with Crippen LogP contribution in [0.5, 0.6) is 0 Å². The minimum absolute atomic E-state index is 0.115. The second kappa shape index (κ2) is 4.37. The quantitative estimate of drug-likeness (QED) is 0.749. The highest BCUT2D eigenvalue weighted by Gasteiger charge is 2.49. The highest BCUT2D eigenvalue weighted by molar-refractivity contribution is 7.89. The van der Waals surface area contributed by atoms with Crippen LogP contribution >= 0.6 is 0 Å². The fourth-order valence-corrected chi connectivity index (χ4v) is 2.99. The van der Waals surface area contributed by atoms with Crippen molar-refractivity contribution in [3.8, 4) is 0 Å². The number of benzene rings is 1. The Labute approximate surface area is 108 Å². The van der Waals surface area contributed by atoms with Crippen LogP contribution in [0.1, 0.15) is 6.93 Å². The van der Waals surface area contributed by atoms with Crippen molar-refractivity contribution in [2.24, 2.45) is 0 Å². The highest BCUT2D eigenvalue weighted by atomic mass is 32.2. The van der Waals surface area contributed by atoms with E-state index >= 15 is 0 Å². The van der Waals surface area contributed by atoms with Gasteiger partial charge in [-0.2, -0.15) is 4.31 Å². The zero-order valence-electron chi connectivity index (χ0n) is 11.5. The van der Waals surface area contributed by atoms with Crippen LogP contribution in [-0.2, 0) is 14.8 Å². The summed E-state index contributed by atoms with van der Waals surface area (Å²) in [5, 5.41) is 0. The number of hydrogen-bond donors (Lipinski definition) is 0. The molecule has 0 aromatic heterocycles. The van der Waals surface area contributed by atoms with Crippen molar-refractivity contribution >= 4 is 15.9 Å². The molecular weight excluding hydrogens is 252 g/mol. The molecule has 0 saturated carbocycles. The van der Waals surface area contributed by atoms with Crippen LogP contribution in [-0.4, -0.2) is 50.2 Å². The first kappa shape index (κ1) is 11.7. The van der Waals surface area contributed by atoms with Gasteiger partial charge in [0.25, 0.3) is 0 Å². The van der Waals surface area contributed by atoms with E-state index in [4.69, 9.17) is 1.37 Å². The van der Waals surface area contributed by atoms with Gasteiger partial charge in [-0.25, -0.2) is 8.42 Å². The molecule has 0 spiro atoms. The third kappa shape index (κ3) is 2.26. The Balaban J connectivity index is 2.28. The molecule has 1 aromatic rings. The van der Waals surface area contributed by atoms with Gasteiger partial charge in [-0.3, -0.25) is 4.79 Å². The first-order valence-electron chi connectivity index (χ1n) is 6.08. The summed E-state index contributed by atoms with van der Waals surface area (Å²) in [6.45, 7) is 0.834. The predicted molar refractivity (Wildman–Crippen MR) is 67.6 cm³/mol. The predicted octanol–water partition coefficient (Wildman–Crippen LogP) is 0.456. The highest BCUT2D eigenvalue weighted by Crippen LogP contribution is 2.29. The Kier molecular flexibility index (Phi) is 2.83. The Hall–Kier alpha value is -1.40. The van der Waals surface area contributed by atoms with Crippen LogP contribution in [0.15, 0.2) is 29.2 Å². The molecule has 18 heavy (non-hydrogen) atoms. The summed E-state index contributed by atoms with van der Waals surface area (Å²) in [5.74, 6) is -0.365. The van der Waals surface area contributed by atoms with Crippen LogP contribution in [0.3, 0.4) is 0 Å². The second-order valence-electron chi connectivity index (χ2n) is 4.47. The minimum Gasteiger partial charge on any atom is -0.347 e. The van der Waals surface area contributed by atoms with Crippen LogP contribution in [0, 0.1) is 6.92 Å². The van der Waals surface area contributed by atoms with Crippen molar-refractivity contribution in [2.75, 3.05) is 20.6 Å². The summed E-state index contributed by atoms with van der Waals surface area (Å²) in [6, 6.07) is 5.47. The maximum Gasteiger partial charge on any atom is 0.243 e. The normalized spacial score (nSPS) is 27.5. The molecule has 1 saturated heterocycles. The first-order chi connectivity index (χ1) is 8.76. The van der Waals surface area contributed by atoms with Crippen molar-refractivity contribution in [3.63, 3.8) is 0 Å². The molecule has 98 valence electrons. The molecule has 1 aliphatic heterocycles. The van der Waals surface area contributed by atoms with Gasteiger partial charge in [-0.05, 0) is 19.1 Å². The standard InChI is InChI=1S/C12H16N2O3S/c1-9-4-6-10(7-5-9)18(16,17)14-8-11(14)12(15)13(2)3/h4-7,11H,8H2,1-3H3/t11-,14?/m0/s1/i8D/t8-,11-,14?. The molecule has 5 nitrogen and oxygen atoms in total. The van der Waals surface area contributed by atoms with E-state index in [1.54, 1.807) is 26.2 Å². The molecular formula is C12H16N2O3S. The van der Waals surface area contributed by atoms with Crippen molar-refractivity contribution < 1.29 is 14.6 Å². The summed E-state index contributed by atoms with van der Waals surface area (Å²) >= 11 is 0. The lowest BCUT2D eigenvalue weighted by Gasteiger charge is -2.10. The molecule has 0 N–H and O–H groups in total. The average molecular weight is 269 g/mol. The molecule has 0 bridgehead atoms. The Morgan fingerprint density at radius 1 is 1.39 bits per heavy atom. The Bertz CT molecular complexity index is 598. The third-order valence-corrected chi connectivity index (χ3v) is 4.53. The van der Waals surface area contributed by atoms with E-state index in [2.05, 4.69) is 0 Å². The fraction of sp³-hybridized carbons (Fsp3) is 0.417. The largest absolute Gasteiger partial charge is 0.347 e. The smallest absolute Gasteiger partial charge is 0.243 e. The van der Waals surface area contributed by atoms with Gasteiger partial charge in [-0.15, -0.1) is 0 Å². The van der Waals surface area contributed by atoms with Crippen LogP contribution in [0.2, 0.25) is 0 Å². The lowest BCUT2D eigenvalue weighted by atomic mass is 10.2.